The van der Waals surface area contributed by atoms with Crippen LogP contribution in [0.25, 0.3) is 0 Å². The largest absolute Gasteiger partial charge is 0.465 e. The fourth-order valence-corrected chi connectivity index (χ4v) is 2.12. The maximum Gasteiger partial charge on any atom is 0.117 e. The van der Waals surface area contributed by atoms with Crippen molar-refractivity contribution in [2.75, 3.05) is 0 Å². The maximum absolute atomic E-state index is 9.63. The van der Waals surface area contributed by atoms with Gasteiger partial charge in [0.05, 0.1) is 12.6 Å². The van der Waals surface area contributed by atoms with Crippen molar-refractivity contribution in [3.63, 3.8) is 0 Å². The van der Waals surface area contributed by atoms with Gasteiger partial charge >= 0.3 is 0 Å². The number of aliphatic hydroxyl groups is 1. The Morgan fingerprint density at radius 2 is 2.20 bits per heavy atom. The summed E-state index contributed by atoms with van der Waals surface area (Å²) < 4.78 is 5.58. The summed E-state index contributed by atoms with van der Waals surface area (Å²) in [6, 6.07) is 4.27. The van der Waals surface area contributed by atoms with Crippen LogP contribution in [0.1, 0.15) is 37.7 Å². The second-order valence-corrected chi connectivity index (χ2v) is 4.21. The van der Waals surface area contributed by atoms with Gasteiger partial charge in [0.2, 0.25) is 0 Å². The van der Waals surface area contributed by atoms with E-state index < -0.39 is 0 Å². The Kier molecular flexibility index (Phi) is 3.44. The first-order valence-corrected chi connectivity index (χ1v) is 5.78. The Morgan fingerprint density at radius 3 is 2.80 bits per heavy atom. The van der Waals surface area contributed by atoms with E-state index in [9.17, 15) is 5.11 Å². The molecule has 0 radical (unpaired) electrons. The SMILES string of the molecule is CCc1ccc(CNC2CCCC2O)o1. The van der Waals surface area contributed by atoms with E-state index in [0.717, 1.165) is 43.7 Å². The van der Waals surface area contributed by atoms with Crippen LogP contribution in [0.15, 0.2) is 16.5 Å². The average Bonchev–Trinajstić information content (AvgIpc) is 2.84. The van der Waals surface area contributed by atoms with Gasteiger partial charge in [0.25, 0.3) is 0 Å². The molecule has 1 heterocycles. The molecule has 1 aromatic rings. The van der Waals surface area contributed by atoms with Crippen molar-refractivity contribution in [3.8, 4) is 0 Å². The highest BCUT2D eigenvalue weighted by molar-refractivity contribution is 5.07. The molecule has 0 spiro atoms. The van der Waals surface area contributed by atoms with Crippen LogP contribution in [0.2, 0.25) is 0 Å². The maximum atomic E-state index is 9.63. The van der Waals surface area contributed by atoms with E-state index in [0.29, 0.717) is 0 Å². The lowest BCUT2D eigenvalue weighted by molar-refractivity contribution is 0.147. The summed E-state index contributed by atoms with van der Waals surface area (Å²) in [6.07, 6.45) is 3.88. The third kappa shape index (κ3) is 2.61. The summed E-state index contributed by atoms with van der Waals surface area (Å²) in [5.41, 5.74) is 0. The standard InChI is InChI=1S/C12H19NO2/c1-2-9-6-7-10(15-9)8-13-11-4-3-5-12(11)14/h6-7,11-14H,2-5,8H2,1H3. The summed E-state index contributed by atoms with van der Waals surface area (Å²) in [4.78, 5) is 0. The van der Waals surface area contributed by atoms with E-state index in [2.05, 4.69) is 12.2 Å². The van der Waals surface area contributed by atoms with Gasteiger partial charge in [0.1, 0.15) is 11.5 Å². The Hall–Kier alpha value is -0.800. The number of rotatable bonds is 4. The van der Waals surface area contributed by atoms with Crippen molar-refractivity contribution < 1.29 is 9.52 Å². The minimum atomic E-state index is -0.175. The zero-order chi connectivity index (χ0) is 10.7. The summed E-state index contributed by atoms with van der Waals surface area (Å²) >= 11 is 0. The quantitative estimate of drug-likeness (QED) is 0.795. The molecule has 2 unspecified atom stereocenters. The lowest BCUT2D eigenvalue weighted by atomic mass is 10.2. The highest BCUT2D eigenvalue weighted by Gasteiger charge is 2.24. The van der Waals surface area contributed by atoms with Crippen molar-refractivity contribution >= 4 is 0 Å². The average molecular weight is 209 g/mol. The highest BCUT2D eigenvalue weighted by atomic mass is 16.3. The molecule has 3 heteroatoms. The molecule has 2 rings (SSSR count). The van der Waals surface area contributed by atoms with E-state index in [-0.39, 0.29) is 12.1 Å². The molecule has 2 N–H and O–H groups in total. The summed E-state index contributed by atoms with van der Waals surface area (Å²) in [5.74, 6) is 1.99. The van der Waals surface area contributed by atoms with Crippen molar-refractivity contribution in [3.05, 3.63) is 23.7 Å². The first-order chi connectivity index (χ1) is 7.29. The van der Waals surface area contributed by atoms with Crippen molar-refractivity contribution in [1.82, 2.24) is 5.32 Å². The van der Waals surface area contributed by atoms with E-state index in [1.807, 2.05) is 12.1 Å². The molecule has 1 fully saturated rings. The molecule has 0 saturated heterocycles. The number of furan rings is 1. The molecule has 1 aliphatic carbocycles. The van der Waals surface area contributed by atoms with Crippen LogP contribution in [0.5, 0.6) is 0 Å². The lowest BCUT2D eigenvalue weighted by Crippen LogP contribution is -2.34. The first-order valence-electron chi connectivity index (χ1n) is 5.78. The highest BCUT2D eigenvalue weighted by Crippen LogP contribution is 2.19. The zero-order valence-corrected chi connectivity index (χ0v) is 9.20. The van der Waals surface area contributed by atoms with Crippen LogP contribution in [0.4, 0.5) is 0 Å². The van der Waals surface area contributed by atoms with Gasteiger partial charge in [-0.25, -0.2) is 0 Å². The van der Waals surface area contributed by atoms with Crippen LogP contribution in [-0.2, 0) is 13.0 Å². The molecule has 0 amide bonds. The third-order valence-corrected chi connectivity index (χ3v) is 3.08. The summed E-state index contributed by atoms with van der Waals surface area (Å²) in [7, 11) is 0. The van der Waals surface area contributed by atoms with E-state index in [4.69, 9.17) is 4.42 Å². The Labute approximate surface area is 90.5 Å². The summed E-state index contributed by atoms with van der Waals surface area (Å²) in [5, 5.41) is 13.0. The Balaban J connectivity index is 1.82. The predicted molar refractivity (Wildman–Crippen MR) is 58.6 cm³/mol. The van der Waals surface area contributed by atoms with Crippen molar-refractivity contribution in [2.45, 2.75) is 51.3 Å². The van der Waals surface area contributed by atoms with Gasteiger partial charge in [-0.2, -0.15) is 0 Å². The molecule has 1 aromatic heterocycles. The lowest BCUT2D eigenvalue weighted by Gasteiger charge is -2.15. The van der Waals surface area contributed by atoms with Crippen LogP contribution < -0.4 is 5.32 Å². The number of nitrogens with one attached hydrogen (secondary N) is 1. The molecule has 84 valence electrons. The molecule has 2 atom stereocenters. The number of aliphatic hydroxyl groups excluding tert-OH is 1. The molecule has 1 saturated carbocycles. The van der Waals surface area contributed by atoms with Crippen LogP contribution >= 0.6 is 0 Å². The molecule has 15 heavy (non-hydrogen) atoms. The monoisotopic (exact) mass is 209 g/mol. The van der Waals surface area contributed by atoms with Crippen LogP contribution in [-0.4, -0.2) is 17.3 Å². The minimum absolute atomic E-state index is 0.175. The van der Waals surface area contributed by atoms with Gasteiger partial charge in [-0.05, 0) is 31.4 Å². The van der Waals surface area contributed by atoms with Gasteiger partial charge < -0.3 is 14.8 Å². The minimum Gasteiger partial charge on any atom is -0.465 e. The molecular formula is C12H19NO2. The molecule has 0 bridgehead atoms. The second-order valence-electron chi connectivity index (χ2n) is 4.21. The normalized spacial score (nSPS) is 26.0. The van der Waals surface area contributed by atoms with Crippen LogP contribution in [0.3, 0.4) is 0 Å². The van der Waals surface area contributed by atoms with Gasteiger partial charge in [0, 0.05) is 12.5 Å². The molecular weight excluding hydrogens is 190 g/mol. The van der Waals surface area contributed by atoms with Gasteiger partial charge in [-0.15, -0.1) is 0 Å². The van der Waals surface area contributed by atoms with Crippen molar-refractivity contribution in [2.24, 2.45) is 0 Å². The van der Waals surface area contributed by atoms with Gasteiger partial charge in [-0.1, -0.05) is 6.92 Å². The molecule has 1 aliphatic rings. The third-order valence-electron chi connectivity index (χ3n) is 3.08. The molecule has 3 nitrogen and oxygen atoms in total. The first kappa shape index (κ1) is 10.7. The van der Waals surface area contributed by atoms with Crippen molar-refractivity contribution in [1.29, 1.82) is 0 Å². The van der Waals surface area contributed by atoms with E-state index >= 15 is 0 Å². The zero-order valence-electron chi connectivity index (χ0n) is 9.20. The number of hydrogen-bond acceptors (Lipinski definition) is 3. The number of hydrogen-bond donors (Lipinski definition) is 2. The fourth-order valence-electron chi connectivity index (χ4n) is 2.12. The second kappa shape index (κ2) is 4.81. The Bertz CT molecular complexity index is 308. The van der Waals surface area contributed by atoms with E-state index in [1.54, 1.807) is 0 Å². The van der Waals surface area contributed by atoms with E-state index in [1.165, 1.54) is 0 Å². The smallest absolute Gasteiger partial charge is 0.117 e. The topological polar surface area (TPSA) is 45.4 Å². The fraction of sp³-hybridized carbons (Fsp3) is 0.667. The number of aryl methyl sites for hydroxylation is 1. The van der Waals surface area contributed by atoms with Gasteiger partial charge in [-0.3, -0.25) is 0 Å². The predicted octanol–water partition coefficient (Wildman–Crippen LogP) is 1.85. The Morgan fingerprint density at radius 1 is 1.40 bits per heavy atom. The molecule has 0 aromatic carbocycles. The van der Waals surface area contributed by atoms with Crippen LogP contribution in [0, 0.1) is 0 Å². The molecule has 0 aliphatic heterocycles. The summed E-state index contributed by atoms with van der Waals surface area (Å²) in [6.45, 7) is 2.80. The van der Waals surface area contributed by atoms with Gasteiger partial charge in [0.15, 0.2) is 0 Å².